The highest BCUT2D eigenvalue weighted by atomic mass is 35.5. The second kappa shape index (κ2) is 7.75. The molecular formula is C17H12Cl6N3+. The Kier molecular flexibility index (Phi) is 5.98. The molecule has 136 valence electrons. The van der Waals surface area contributed by atoms with Crippen molar-refractivity contribution in [2.24, 2.45) is 5.22 Å². The maximum Gasteiger partial charge on any atom is 0.187 e. The molecule has 0 bridgehead atoms. The van der Waals surface area contributed by atoms with Gasteiger partial charge < -0.3 is 0 Å². The Morgan fingerprint density at radius 3 is 1.88 bits per heavy atom. The largest absolute Gasteiger partial charge is 0.187 e. The number of rotatable bonds is 3. The van der Waals surface area contributed by atoms with E-state index < -0.39 is 0 Å². The number of hydrogen-bond acceptors (Lipinski definition) is 2. The van der Waals surface area contributed by atoms with E-state index in [-0.39, 0.29) is 6.04 Å². The Morgan fingerprint density at radius 2 is 1.42 bits per heavy atom. The fraction of sp³-hybridized carbons (Fsp3) is 0.176. The van der Waals surface area contributed by atoms with Gasteiger partial charge in [-0.25, -0.2) is 0 Å². The second-order valence-corrected chi connectivity index (χ2v) is 8.32. The van der Waals surface area contributed by atoms with Gasteiger partial charge in [0, 0.05) is 10.0 Å². The Labute approximate surface area is 181 Å². The van der Waals surface area contributed by atoms with Crippen LogP contribution in [0.25, 0.3) is 0 Å². The molecule has 0 fully saturated rings. The molecule has 1 aliphatic rings. The van der Waals surface area contributed by atoms with Crippen LogP contribution in [0.15, 0.2) is 41.6 Å². The molecule has 0 aromatic heterocycles. The average molecular weight is 471 g/mol. The van der Waals surface area contributed by atoms with E-state index >= 15 is 0 Å². The molecule has 0 aliphatic carbocycles. The quantitative estimate of drug-likeness (QED) is 0.327. The molecule has 26 heavy (non-hydrogen) atoms. The van der Waals surface area contributed by atoms with Crippen molar-refractivity contribution < 1.29 is 4.70 Å². The fourth-order valence-corrected chi connectivity index (χ4v) is 4.69. The zero-order valence-corrected chi connectivity index (χ0v) is 17.9. The topological polar surface area (TPSA) is 18.6 Å². The molecule has 0 radical (unpaired) electrons. The first kappa shape index (κ1) is 20.1. The Bertz CT molecular complexity index is 894. The summed E-state index contributed by atoms with van der Waals surface area (Å²) in [5.41, 5.74) is 1.96. The van der Waals surface area contributed by atoms with Crippen molar-refractivity contribution in [1.29, 1.82) is 0 Å². The van der Waals surface area contributed by atoms with Crippen molar-refractivity contribution in [2.45, 2.75) is 13.0 Å². The summed E-state index contributed by atoms with van der Waals surface area (Å²) in [7, 11) is 0. The molecule has 0 unspecified atom stereocenters. The minimum atomic E-state index is -0.186. The van der Waals surface area contributed by atoms with Crippen LogP contribution >= 0.6 is 69.6 Å². The van der Waals surface area contributed by atoms with Gasteiger partial charge in [-0.2, -0.15) is 0 Å². The van der Waals surface area contributed by atoms with Crippen LogP contribution in [0.5, 0.6) is 0 Å². The monoisotopic (exact) mass is 468 g/mol. The zero-order valence-electron chi connectivity index (χ0n) is 13.4. The molecule has 0 saturated carbocycles. The lowest BCUT2D eigenvalue weighted by molar-refractivity contribution is -0.498. The van der Waals surface area contributed by atoms with E-state index in [9.17, 15) is 0 Å². The van der Waals surface area contributed by atoms with Gasteiger partial charge in [0.2, 0.25) is 0 Å². The molecule has 0 amide bonds. The Hall–Kier alpha value is -0.680. The van der Waals surface area contributed by atoms with E-state index in [1.165, 1.54) is 0 Å². The van der Waals surface area contributed by atoms with E-state index in [0.29, 0.717) is 48.1 Å². The molecule has 3 nitrogen and oxygen atoms in total. The number of benzene rings is 2. The zero-order chi connectivity index (χ0) is 19.2. The van der Waals surface area contributed by atoms with Crippen LogP contribution in [-0.2, 0) is 0 Å². The summed E-state index contributed by atoms with van der Waals surface area (Å²) in [6.45, 7) is 6.42. The van der Waals surface area contributed by atoms with Crippen molar-refractivity contribution in [3.8, 4) is 0 Å². The number of hydrogen-bond donors (Lipinski definition) is 0. The van der Waals surface area contributed by atoms with Gasteiger partial charge in [-0.3, -0.25) is 0 Å². The van der Waals surface area contributed by atoms with Gasteiger partial charge >= 0.3 is 0 Å². The van der Waals surface area contributed by atoms with Gasteiger partial charge in [0.25, 0.3) is 0 Å². The van der Waals surface area contributed by atoms with Gasteiger partial charge in [0.1, 0.15) is 0 Å². The van der Waals surface area contributed by atoms with E-state index in [0.717, 1.165) is 5.57 Å². The smallest absolute Gasteiger partial charge is 0.126 e. The van der Waals surface area contributed by atoms with E-state index in [4.69, 9.17) is 69.6 Å². The lowest BCUT2D eigenvalue weighted by atomic mass is 10.1. The minimum absolute atomic E-state index is 0.186. The lowest BCUT2D eigenvalue weighted by Gasteiger charge is -2.16. The normalized spacial score (nSPS) is 16.8. The maximum absolute atomic E-state index is 6.37. The summed E-state index contributed by atoms with van der Waals surface area (Å²) < 4.78 is 1.68. The Morgan fingerprint density at radius 1 is 0.962 bits per heavy atom. The highest BCUT2D eigenvalue weighted by molar-refractivity contribution is 6.42. The third kappa shape index (κ3) is 3.80. The molecule has 0 saturated heterocycles. The first-order valence-electron chi connectivity index (χ1n) is 7.42. The molecule has 1 atom stereocenters. The van der Waals surface area contributed by atoms with Crippen molar-refractivity contribution in [3.05, 3.63) is 66.6 Å². The molecule has 3 rings (SSSR count). The van der Waals surface area contributed by atoms with Crippen LogP contribution in [0.4, 0.5) is 11.4 Å². The van der Waals surface area contributed by atoms with Crippen molar-refractivity contribution in [3.63, 3.8) is 0 Å². The van der Waals surface area contributed by atoms with Crippen LogP contribution in [0.3, 0.4) is 0 Å². The lowest BCUT2D eigenvalue weighted by Crippen LogP contribution is -2.30. The van der Waals surface area contributed by atoms with Gasteiger partial charge in [-0.05, 0) is 36.8 Å². The summed E-state index contributed by atoms with van der Waals surface area (Å²) in [6, 6.07) is 6.26. The number of nitrogens with zero attached hydrogens (tertiary/aromatic N) is 3. The summed E-state index contributed by atoms with van der Waals surface area (Å²) in [5, 5.41) is 8.74. The SMILES string of the molecule is C=C(C)[C@@H]1C[N+](c2c(Cl)cc(Cl)cc2Cl)=NN1c1c(Cl)cc(Cl)cc1Cl. The highest BCUT2D eigenvalue weighted by Gasteiger charge is 2.41. The molecule has 2 aromatic rings. The van der Waals surface area contributed by atoms with Gasteiger partial charge in [-0.15, -0.1) is 9.71 Å². The number of anilines is 1. The molecule has 9 heteroatoms. The van der Waals surface area contributed by atoms with Gasteiger partial charge in [0.05, 0.1) is 25.3 Å². The molecule has 0 spiro atoms. The van der Waals surface area contributed by atoms with Gasteiger partial charge in [0.15, 0.2) is 24.0 Å². The third-order valence-corrected chi connectivity index (χ3v) is 5.45. The molecule has 2 aromatic carbocycles. The third-order valence-electron chi connectivity index (χ3n) is 3.86. The first-order chi connectivity index (χ1) is 12.2. The van der Waals surface area contributed by atoms with Crippen LogP contribution in [0.1, 0.15) is 6.92 Å². The molecule has 1 aliphatic heterocycles. The van der Waals surface area contributed by atoms with Crippen molar-refractivity contribution >= 4 is 81.0 Å². The summed E-state index contributed by atoms with van der Waals surface area (Å²) in [5.74, 6) is 0. The van der Waals surface area contributed by atoms with Crippen LogP contribution in [0.2, 0.25) is 30.1 Å². The summed E-state index contributed by atoms with van der Waals surface area (Å²) in [4.78, 5) is 0. The van der Waals surface area contributed by atoms with Crippen LogP contribution < -0.4 is 5.01 Å². The average Bonchev–Trinajstić information content (AvgIpc) is 2.89. The predicted molar refractivity (Wildman–Crippen MR) is 111 cm³/mol. The van der Waals surface area contributed by atoms with E-state index in [1.807, 2.05) is 6.92 Å². The molecular weight excluding hydrogens is 459 g/mol. The Balaban J connectivity index is 2.15. The molecule has 1 heterocycles. The summed E-state index contributed by atoms with van der Waals surface area (Å²) in [6.07, 6.45) is 0. The van der Waals surface area contributed by atoms with Crippen molar-refractivity contribution in [2.75, 3.05) is 11.6 Å². The second-order valence-electron chi connectivity index (χ2n) is 5.81. The van der Waals surface area contributed by atoms with E-state index in [2.05, 4.69) is 11.8 Å². The fourth-order valence-electron chi connectivity index (χ4n) is 2.69. The highest BCUT2D eigenvalue weighted by Crippen LogP contribution is 2.43. The first-order valence-corrected chi connectivity index (χ1v) is 9.68. The minimum Gasteiger partial charge on any atom is -0.126 e. The maximum atomic E-state index is 6.37. The van der Waals surface area contributed by atoms with E-state index in [1.54, 1.807) is 34.0 Å². The predicted octanol–water partition coefficient (Wildman–Crippen LogP) is 8.08. The number of halogens is 6. The standard InChI is InChI=1S/C17H12Cl6N3/c1-8(2)15-7-25(16-11(20)3-9(18)4-12(16)21)24-26(15)17-13(22)5-10(19)6-14(17)23/h3-6,15H,1,7H2,2H3/q+1/t15-/m0/s1. The summed E-state index contributed by atoms with van der Waals surface area (Å²) >= 11 is 37.4. The van der Waals surface area contributed by atoms with Crippen molar-refractivity contribution in [1.82, 2.24) is 0 Å². The molecule has 0 N–H and O–H groups in total. The van der Waals surface area contributed by atoms with Gasteiger partial charge in [-0.1, -0.05) is 76.2 Å². The van der Waals surface area contributed by atoms with Crippen LogP contribution in [0, 0.1) is 0 Å². The van der Waals surface area contributed by atoms with Crippen LogP contribution in [-0.4, -0.2) is 17.3 Å².